The molecule has 0 bridgehead atoms. The van der Waals surface area contributed by atoms with Gasteiger partial charge in [-0.25, -0.2) is 9.18 Å². The summed E-state index contributed by atoms with van der Waals surface area (Å²) in [5.41, 5.74) is 2.98. The molecule has 148 valence electrons. The molecule has 0 aliphatic carbocycles. The summed E-state index contributed by atoms with van der Waals surface area (Å²) in [6.07, 6.45) is 0. The number of benzene rings is 3. The Morgan fingerprint density at radius 2 is 1.45 bits per heavy atom. The number of amides is 3. The molecule has 0 aliphatic rings. The molecule has 0 radical (unpaired) electrons. The van der Waals surface area contributed by atoms with E-state index in [1.165, 1.54) is 24.0 Å². The van der Waals surface area contributed by atoms with Crippen LogP contribution in [0.25, 0.3) is 0 Å². The molecule has 3 amide bonds. The molecule has 0 fully saturated rings. The van der Waals surface area contributed by atoms with E-state index in [1.54, 1.807) is 43.4 Å². The van der Waals surface area contributed by atoms with E-state index < -0.39 is 12.1 Å². The number of halogens is 1. The Balaban J connectivity index is 1.75. The lowest BCUT2D eigenvalue weighted by atomic mass is 9.99. The molecule has 6 heteroatoms. The van der Waals surface area contributed by atoms with Crippen molar-refractivity contribution in [1.29, 1.82) is 0 Å². The van der Waals surface area contributed by atoms with E-state index in [-0.39, 0.29) is 11.7 Å². The first-order valence-corrected chi connectivity index (χ1v) is 9.16. The molecule has 3 rings (SSSR count). The van der Waals surface area contributed by atoms with E-state index in [0.29, 0.717) is 5.69 Å². The Hall–Kier alpha value is -3.67. The molecule has 0 heterocycles. The molecular formula is C23H22FN3O2. The van der Waals surface area contributed by atoms with Crippen LogP contribution < -0.4 is 15.5 Å². The Kier molecular flexibility index (Phi) is 6.24. The maximum Gasteiger partial charge on any atom is 0.319 e. The van der Waals surface area contributed by atoms with Gasteiger partial charge >= 0.3 is 6.03 Å². The van der Waals surface area contributed by atoms with Crippen molar-refractivity contribution in [3.8, 4) is 0 Å². The number of nitrogens with one attached hydrogen (secondary N) is 2. The first-order chi connectivity index (χ1) is 13.9. The van der Waals surface area contributed by atoms with Crippen molar-refractivity contribution in [1.82, 2.24) is 5.32 Å². The highest BCUT2D eigenvalue weighted by Crippen LogP contribution is 2.23. The first kappa shape index (κ1) is 20.1. The van der Waals surface area contributed by atoms with Crippen LogP contribution >= 0.6 is 0 Å². The number of anilines is 2. The van der Waals surface area contributed by atoms with Crippen molar-refractivity contribution in [3.63, 3.8) is 0 Å². The van der Waals surface area contributed by atoms with E-state index >= 15 is 0 Å². The van der Waals surface area contributed by atoms with Gasteiger partial charge in [-0.2, -0.15) is 0 Å². The molecule has 3 aromatic carbocycles. The molecule has 0 aromatic heterocycles. The minimum atomic E-state index is -0.431. The highest BCUT2D eigenvalue weighted by molar-refractivity contribution is 5.92. The van der Waals surface area contributed by atoms with Crippen LogP contribution in [-0.4, -0.2) is 19.0 Å². The van der Waals surface area contributed by atoms with E-state index in [1.807, 2.05) is 30.3 Å². The highest BCUT2D eigenvalue weighted by Gasteiger charge is 2.17. The van der Waals surface area contributed by atoms with Crippen LogP contribution in [0.1, 0.15) is 24.1 Å². The molecule has 0 aliphatic heterocycles. The molecule has 1 unspecified atom stereocenters. The van der Waals surface area contributed by atoms with Gasteiger partial charge in [0.2, 0.25) is 5.91 Å². The fourth-order valence-electron chi connectivity index (χ4n) is 2.91. The maximum absolute atomic E-state index is 13.3. The van der Waals surface area contributed by atoms with E-state index in [4.69, 9.17) is 0 Å². The second-order valence-electron chi connectivity index (χ2n) is 6.62. The molecule has 5 nitrogen and oxygen atoms in total. The van der Waals surface area contributed by atoms with Crippen LogP contribution in [-0.2, 0) is 4.79 Å². The summed E-state index contributed by atoms with van der Waals surface area (Å²) in [6, 6.07) is 21.7. The molecule has 0 spiro atoms. The third-order valence-corrected chi connectivity index (χ3v) is 4.60. The monoisotopic (exact) mass is 391 g/mol. The molecule has 2 N–H and O–H groups in total. The standard InChI is InChI=1S/C23H22FN3O2/c1-16(28)27(2)21-14-12-20(13-15-21)25-23(29)26-22(17-6-4-3-5-7-17)18-8-10-19(24)11-9-18/h3-15,22H,1-2H3,(H2,25,26,29). The molecule has 1 atom stereocenters. The van der Waals surface area contributed by atoms with Gasteiger partial charge in [0.05, 0.1) is 6.04 Å². The predicted octanol–water partition coefficient (Wildman–Crippen LogP) is 4.72. The van der Waals surface area contributed by atoms with Gasteiger partial charge in [0, 0.05) is 25.3 Å². The fraction of sp³-hybridized carbons (Fsp3) is 0.130. The second-order valence-corrected chi connectivity index (χ2v) is 6.62. The number of carbonyl (C=O) groups excluding carboxylic acids is 2. The third-order valence-electron chi connectivity index (χ3n) is 4.60. The predicted molar refractivity (Wildman–Crippen MR) is 112 cm³/mol. The lowest BCUT2D eigenvalue weighted by molar-refractivity contribution is -0.116. The quantitative estimate of drug-likeness (QED) is 0.661. The van der Waals surface area contributed by atoms with Crippen molar-refractivity contribution >= 4 is 23.3 Å². The van der Waals surface area contributed by atoms with Crippen molar-refractivity contribution < 1.29 is 14.0 Å². The largest absolute Gasteiger partial charge is 0.327 e. The lowest BCUT2D eigenvalue weighted by Gasteiger charge is -2.20. The molecule has 3 aromatic rings. The van der Waals surface area contributed by atoms with Crippen LogP contribution in [0.15, 0.2) is 78.9 Å². The van der Waals surface area contributed by atoms with Gasteiger partial charge in [0.15, 0.2) is 0 Å². The van der Waals surface area contributed by atoms with Crippen molar-refractivity contribution in [2.24, 2.45) is 0 Å². The van der Waals surface area contributed by atoms with Crippen LogP contribution in [0, 0.1) is 5.82 Å². The first-order valence-electron chi connectivity index (χ1n) is 9.16. The zero-order valence-corrected chi connectivity index (χ0v) is 16.2. The van der Waals surface area contributed by atoms with Gasteiger partial charge in [0.25, 0.3) is 0 Å². The van der Waals surface area contributed by atoms with Crippen LogP contribution in [0.4, 0.5) is 20.6 Å². The topological polar surface area (TPSA) is 61.4 Å². The summed E-state index contributed by atoms with van der Waals surface area (Å²) in [4.78, 5) is 25.6. The van der Waals surface area contributed by atoms with E-state index in [0.717, 1.165) is 16.8 Å². The number of urea groups is 1. The van der Waals surface area contributed by atoms with Crippen LogP contribution in [0.2, 0.25) is 0 Å². The number of rotatable bonds is 5. The molecule has 0 saturated carbocycles. The maximum atomic E-state index is 13.3. The van der Waals surface area contributed by atoms with Gasteiger partial charge in [0.1, 0.15) is 5.82 Å². The van der Waals surface area contributed by atoms with E-state index in [9.17, 15) is 14.0 Å². The van der Waals surface area contributed by atoms with Crippen molar-refractivity contribution in [2.45, 2.75) is 13.0 Å². The van der Waals surface area contributed by atoms with E-state index in [2.05, 4.69) is 10.6 Å². The third kappa shape index (κ3) is 5.19. The number of hydrogen-bond donors (Lipinski definition) is 2. The summed E-state index contributed by atoms with van der Waals surface area (Å²) >= 11 is 0. The second kappa shape index (κ2) is 9.01. The van der Waals surface area contributed by atoms with Gasteiger partial charge in [-0.1, -0.05) is 42.5 Å². The fourth-order valence-corrected chi connectivity index (χ4v) is 2.91. The zero-order valence-electron chi connectivity index (χ0n) is 16.2. The minimum Gasteiger partial charge on any atom is -0.327 e. The molecule has 0 saturated heterocycles. The summed E-state index contributed by atoms with van der Waals surface area (Å²) in [7, 11) is 1.69. The average molecular weight is 391 g/mol. The Morgan fingerprint density at radius 3 is 2.03 bits per heavy atom. The molecule has 29 heavy (non-hydrogen) atoms. The summed E-state index contributed by atoms with van der Waals surface area (Å²) in [6.45, 7) is 1.48. The number of carbonyl (C=O) groups is 2. The lowest BCUT2D eigenvalue weighted by Crippen LogP contribution is -2.33. The zero-order chi connectivity index (χ0) is 20.8. The van der Waals surface area contributed by atoms with Gasteiger partial charge in [-0.3, -0.25) is 4.79 Å². The van der Waals surface area contributed by atoms with Gasteiger partial charge < -0.3 is 15.5 Å². The highest BCUT2D eigenvalue weighted by atomic mass is 19.1. The molecular weight excluding hydrogens is 369 g/mol. The Bertz CT molecular complexity index is 973. The number of hydrogen-bond acceptors (Lipinski definition) is 2. The number of nitrogens with zero attached hydrogens (tertiary/aromatic N) is 1. The van der Waals surface area contributed by atoms with Crippen LogP contribution in [0.5, 0.6) is 0 Å². The summed E-state index contributed by atoms with van der Waals surface area (Å²) in [5.74, 6) is -0.408. The Morgan fingerprint density at radius 1 is 0.862 bits per heavy atom. The normalized spacial score (nSPS) is 11.4. The SMILES string of the molecule is CC(=O)N(C)c1ccc(NC(=O)NC(c2ccccc2)c2ccc(F)cc2)cc1. The smallest absolute Gasteiger partial charge is 0.319 e. The van der Waals surface area contributed by atoms with Crippen molar-refractivity contribution in [2.75, 3.05) is 17.3 Å². The summed E-state index contributed by atoms with van der Waals surface area (Å²) < 4.78 is 13.3. The van der Waals surface area contributed by atoms with Gasteiger partial charge in [-0.05, 0) is 47.5 Å². The van der Waals surface area contributed by atoms with Crippen LogP contribution in [0.3, 0.4) is 0 Å². The van der Waals surface area contributed by atoms with Gasteiger partial charge in [-0.15, -0.1) is 0 Å². The Labute approximate surface area is 169 Å². The average Bonchev–Trinajstić information content (AvgIpc) is 2.73. The summed E-state index contributed by atoms with van der Waals surface area (Å²) in [5, 5.41) is 5.73. The minimum absolute atomic E-state index is 0.0755. The van der Waals surface area contributed by atoms with Crippen molar-refractivity contribution in [3.05, 3.63) is 95.8 Å².